The predicted octanol–water partition coefficient (Wildman–Crippen LogP) is 2.19. The van der Waals surface area contributed by atoms with Crippen LogP contribution in [0.2, 0.25) is 6.32 Å². The van der Waals surface area contributed by atoms with Gasteiger partial charge < -0.3 is 14.8 Å². The van der Waals surface area contributed by atoms with Crippen molar-refractivity contribution in [2.24, 2.45) is 0 Å². The zero-order valence-corrected chi connectivity index (χ0v) is 13.0. The lowest BCUT2D eigenvalue weighted by Gasteiger charge is -2.15. The maximum absolute atomic E-state index is 11.7. The topological polar surface area (TPSA) is 62.3 Å². The summed E-state index contributed by atoms with van der Waals surface area (Å²) in [6.45, 7) is 0.419. The number of aromatic amines is 1. The van der Waals surface area contributed by atoms with Crippen LogP contribution in [0.1, 0.15) is 17.2 Å². The summed E-state index contributed by atoms with van der Waals surface area (Å²) in [5.74, 6) is 0.605. The van der Waals surface area contributed by atoms with Crippen LogP contribution in [0.15, 0.2) is 59.4 Å². The van der Waals surface area contributed by atoms with E-state index in [9.17, 15) is 9.90 Å². The number of nitrogens with one attached hydrogen (secondary N) is 1. The van der Waals surface area contributed by atoms with Crippen molar-refractivity contribution in [1.82, 2.24) is 4.98 Å². The van der Waals surface area contributed by atoms with E-state index >= 15 is 0 Å². The number of H-pyrrole nitrogens is 1. The average Bonchev–Trinajstić information content (AvgIpc) is 2.59. The minimum absolute atomic E-state index is 0.190. The van der Waals surface area contributed by atoms with E-state index in [1.807, 2.05) is 44.2 Å². The van der Waals surface area contributed by atoms with Gasteiger partial charge in [0.05, 0.1) is 11.6 Å². The standard InChI is InChI=1S/C18H18BNO3/c19-10-15(21)13-6-8-16(18-14(13)7-9-17(22)20-18)23-11-12-4-2-1-3-5-12/h1-9,15,21H,10-11,19H2,(H,20,22)/t15-/m0/s1. The van der Waals surface area contributed by atoms with Crippen molar-refractivity contribution in [2.45, 2.75) is 19.0 Å². The van der Waals surface area contributed by atoms with Crippen LogP contribution in [0.4, 0.5) is 0 Å². The minimum atomic E-state index is -0.563. The van der Waals surface area contributed by atoms with Gasteiger partial charge in [-0.3, -0.25) is 4.79 Å². The molecule has 3 rings (SSSR count). The third kappa shape index (κ3) is 3.30. The van der Waals surface area contributed by atoms with Gasteiger partial charge in [-0.15, -0.1) is 0 Å². The molecular formula is C18H18BNO3. The Bertz CT molecular complexity index is 861. The fourth-order valence-corrected chi connectivity index (χ4v) is 2.61. The minimum Gasteiger partial charge on any atom is -0.487 e. The number of aromatic nitrogens is 1. The van der Waals surface area contributed by atoms with Gasteiger partial charge in [0.15, 0.2) is 0 Å². The molecule has 0 fully saturated rings. The fourth-order valence-electron chi connectivity index (χ4n) is 2.61. The van der Waals surface area contributed by atoms with E-state index in [2.05, 4.69) is 4.98 Å². The lowest BCUT2D eigenvalue weighted by atomic mass is 9.92. The first-order valence-electron chi connectivity index (χ1n) is 7.69. The van der Waals surface area contributed by atoms with Gasteiger partial charge in [-0.25, -0.2) is 0 Å². The Morgan fingerprint density at radius 2 is 1.87 bits per heavy atom. The molecule has 1 atom stereocenters. The summed E-state index contributed by atoms with van der Waals surface area (Å²) in [7, 11) is 1.92. The highest BCUT2D eigenvalue weighted by Gasteiger charge is 2.13. The first kappa shape index (κ1) is 15.4. The van der Waals surface area contributed by atoms with Crippen LogP contribution in [0.25, 0.3) is 10.9 Å². The molecule has 0 saturated carbocycles. The number of hydrogen-bond donors (Lipinski definition) is 2. The maximum Gasteiger partial charge on any atom is 0.248 e. The summed E-state index contributed by atoms with van der Waals surface area (Å²) in [4.78, 5) is 14.5. The molecule has 0 radical (unpaired) electrons. The van der Waals surface area contributed by atoms with Crippen molar-refractivity contribution in [3.63, 3.8) is 0 Å². The molecule has 116 valence electrons. The molecule has 5 heteroatoms. The highest BCUT2D eigenvalue weighted by Crippen LogP contribution is 2.31. The lowest BCUT2D eigenvalue weighted by molar-refractivity contribution is 0.201. The Kier molecular flexibility index (Phi) is 4.48. The van der Waals surface area contributed by atoms with Crippen LogP contribution < -0.4 is 10.3 Å². The molecule has 0 saturated heterocycles. The van der Waals surface area contributed by atoms with E-state index in [-0.39, 0.29) is 5.56 Å². The molecule has 0 bridgehead atoms. The molecule has 0 unspecified atom stereocenters. The molecule has 23 heavy (non-hydrogen) atoms. The van der Waals surface area contributed by atoms with Gasteiger partial charge in [0, 0.05) is 11.5 Å². The smallest absolute Gasteiger partial charge is 0.248 e. The Morgan fingerprint density at radius 3 is 2.61 bits per heavy atom. The van der Waals surface area contributed by atoms with Gasteiger partial charge in [-0.05, 0) is 23.3 Å². The summed E-state index contributed by atoms with van der Waals surface area (Å²) < 4.78 is 5.88. The largest absolute Gasteiger partial charge is 0.487 e. The molecule has 4 nitrogen and oxygen atoms in total. The number of fused-ring (bicyclic) bond motifs is 1. The summed E-state index contributed by atoms with van der Waals surface area (Å²) in [5.41, 5.74) is 2.28. The van der Waals surface area contributed by atoms with Crippen molar-refractivity contribution in [1.29, 1.82) is 0 Å². The molecule has 3 aromatic rings. The molecule has 1 heterocycles. The summed E-state index contributed by atoms with van der Waals surface area (Å²) in [5, 5.41) is 11.0. The third-order valence-electron chi connectivity index (χ3n) is 3.87. The Balaban J connectivity index is 2.00. The number of rotatable bonds is 5. The van der Waals surface area contributed by atoms with Gasteiger partial charge in [-0.1, -0.05) is 42.7 Å². The number of ether oxygens (including phenoxy) is 1. The van der Waals surface area contributed by atoms with Crippen molar-refractivity contribution in [3.8, 4) is 5.75 Å². The van der Waals surface area contributed by atoms with E-state index in [0.29, 0.717) is 24.2 Å². The normalized spacial score (nSPS) is 12.2. The fraction of sp³-hybridized carbons (Fsp3) is 0.167. The van der Waals surface area contributed by atoms with E-state index in [1.165, 1.54) is 6.07 Å². The van der Waals surface area contributed by atoms with Gasteiger partial charge in [0.2, 0.25) is 5.56 Å². The van der Waals surface area contributed by atoms with Crippen LogP contribution in [-0.4, -0.2) is 17.9 Å². The zero-order valence-electron chi connectivity index (χ0n) is 13.0. The second-order valence-corrected chi connectivity index (χ2v) is 5.46. The van der Waals surface area contributed by atoms with Gasteiger partial charge >= 0.3 is 0 Å². The molecule has 1 aromatic heterocycles. The SMILES string of the molecule is BC[C@H](O)c1ccc(OCc2ccccc2)c2[nH]c(=O)ccc12. The van der Waals surface area contributed by atoms with Gasteiger partial charge in [-0.2, -0.15) is 0 Å². The molecule has 2 N–H and O–H groups in total. The Morgan fingerprint density at radius 1 is 1.09 bits per heavy atom. The highest BCUT2D eigenvalue weighted by atomic mass is 16.5. The van der Waals surface area contributed by atoms with Crippen molar-refractivity contribution in [2.75, 3.05) is 0 Å². The van der Waals surface area contributed by atoms with Crippen LogP contribution >= 0.6 is 0 Å². The van der Waals surface area contributed by atoms with Gasteiger partial charge in [0.25, 0.3) is 0 Å². The molecule has 0 aliphatic carbocycles. The second kappa shape index (κ2) is 6.71. The molecule has 0 spiro atoms. The number of aliphatic hydroxyl groups excluding tert-OH is 1. The number of benzene rings is 2. The van der Waals surface area contributed by atoms with Crippen molar-refractivity contribution in [3.05, 3.63) is 76.1 Å². The first-order valence-corrected chi connectivity index (χ1v) is 7.69. The van der Waals surface area contributed by atoms with E-state index in [1.54, 1.807) is 12.1 Å². The summed E-state index contributed by atoms with van der Waals surface area (Å²) >= 11 is 0. The Hall–Kier alpha value is -2.53. The van der Waals surface area contributed by atoms with E-state index in [0.717, 1.165) is 16.5 Å². The van der Waals surface area contributed by atoms with E-state index < -0.39 is 6.10 Å². The van der Waals surface area contributed by atoms with Crippen molar-refractivity contribution >= 4 is 18.7 Å². The molecule has 2 aromatic carbocycles. The van der Waals surface area contributed by atoms with Crippen LogP contribution in [0.3, 0.4) is 0 Å². The summed E-state index contributed by atoms with van der Waals surface area (Å²) in [6, 6.07) is 16.7. The maximum atomic E-state index is 11.7. The summed E-state index contributed by atoms with van der Waals surface area (Å²) in [6.07, 6.45) is 0.0462. The number of aliphatic hydroxyl groups is 1. The third-order valence-corrected chi connectivity index (χ3v) is 3.87. The molecular weight excluding hydrogens is 289 g/mol. The average molecular weight is 307 g/mol. The predicted molar refractivity (Wildman–Crippen MR) is 93.7 cm³/mol. The Labute approximate surface area is 135 Å². The monoisotopic (exact) mass is 307 g/mol. The van der Waals surface area contributed by atoms with Crippen LogP contribution in [0.5, 0.6) is 5.75 Å². The van der Waals surface area contributed by atoms with Crippen LogP contribution in [0, 0.1) is 0 Å². The molecule has 0 aliphatic heterocycles. The lowest BCUT2D eigenvalue weighted by Crippen LogP contribution is -2.07. The molecule has 0 aliphatic rings. The molecule has 0 amide bonds. The first-order chi connectivity index (χ1) is 11.2. The number of pyridine rings is 1. The second-order valence-electron chi connectivity index (χ2n) is 5.46. The van der Waals surface area contributed by atoms with Gasteiger partial charge in [0.1, 0.15) is 20.2 Å². The van der Waals surface area contributed by atoms with Crippen LogP contribution in [-0.2, 0) is 6.61 Å². The van der Waals surface area contributed by atoms with Crippen molar-refractivity contribution < 1.29 is 9.84 Å². The highest BCUT2D eigenvalue weighted by molar-refractivity contribution is 6.09. The van der Waals surface area contributed by atoms with E-state index in [4.69, 9.17) is 4.74 Å². The zero-order chi connectivity index (χ0) is 16.2. The quantitative estimate of drug-likeness (QED) is 0.710. The number of hydrogen-bond acceptors (Lipinski definition) is 3.